The van der Waals surface area contributed by atoms with Gasteiger partial charge in [0.05, 0.1) is 41.7 Å². The van der Waals surface area contributed by atoms with E-state index in [4.69, 9.17) is 9.15 Å². The Morgan fingerprint density at radius 2 is 1.93 bits per heavy atom. The second-order valence-electron chi connectivity index (χ2n) is 7.07. The summed E-state index contributed by atoms with van der Waals surface area (Å²) in [5, 5.41) is 0. The van der Waals surface area contributed by atoms with E-state index in [9.17, 15) is 9.59 Å². The first-order chi connectivity index (χ1) is 13.4. The molecule has 0 bridgehead atoms. The highest BCUT2D eigenvalue weighted by atomic mass is 32.2. The Bertz CT molecular complexity index is 899. The van der Waals surface area contributed by atoms with Crippen LogP contribution in [-0.2, 0) is 20.1 Å². The summed E-state index contributed by atoms with van der Waals surface area (Å²) < 4.78 is 10.9. The normalized spacial score (nSPS) is 14.7. The van der Waals surface area contributed by atoms with Crippen LogP contribution in [0.5, 0.6) is 0 Å². The van der Waals surface area contributed by atoms with E-state index in [1.165, 1.54) is 16.7 Å². The van der Waals surface area contributed by atoms with Crippen LogP contribution < -0.4 is 0 Å². The van der Waals surface area contributed by atoms with E-state index in [0.29, 0.717) is 22.8 Å². The van der Waals surface area contributed by atoms with E-state index in [1.807, 2.05) is 58.0 Å². The van der Waals surface area contributed by atoms with Crippen LogP contribution >= 0.6 is 11.8 Å². The Labute approximate surface area is 169 Å². The first-order valence-electron chi connectivity index (χ1n) is 9.33. The molecule has 28 heavy (non-hydrogen) atoms. The number of amides is 2. The third-order valence-corrected chi connectivity index (χ3v) is 5.58. The Kier molecular flexibility index (Phi) is 6.42. The van der Waals surface area contributed by atoms with Crippen LogP contribution in [0, 0.1) is 13.8 Å². The van der Waals surface area contributed by atoms with Crippen molar-refractivity contribution in [1.82, 2.24) is 4.90 Å². The third kappa shape index (κ3) is 4.39. The van der Waals surface area contributed by atoms with Crippen molar-refractivity contribution >= 4 is 29.1 Å². The van der Waals surface area contributed by atoms with Crippen molar-refractivity contribution in [3.8, 4) is 0 Å². The van der Waals surface area contributed by atoms with Crippen molar-refractivity contribution in [1.29, 1.82) is 0 Å². The predicted molar refractivity (Wildman–Crippen MR) is 111 cm³/mol. The summed E-state index contributed by atoms with van der Waals surface area (Å²) in [6, 6.07) is 9.59. The highest BCUT2D eigenvalue weighted by Gasteiger charge is 2.39. The molecular formula is C22H25NO4S. The molecule has 0 unspecified atom stereocenters. The SMILES string of the molecule is Cc1ccc(C2=C(SCc3ccco3)C(=O)N(CCOC(C)C)C2=O)c(C)c1. The van der Waals surface area contributed by atoms with Crippen LogP contribution in [0.15, 0.2) is 45.9 Å². The maximum atomic E-state index is 13.2. The van der Waals surface area contributed by atoms with Gasteiger partial charge >= 0.3 is 0 Å². The van der Waals surface area contributed by atoms with Crippen molar-refractivity contribution in [3.05, 3.63) is 64.0 Å². The Hall–Kier alpha value is -2.31. The van der Waals surface area contributed by atoms with Gasteiger partial charge in [-0.2, -0.15) is 0 Å². The third-order valence-electron chi connectivity index (χ3n) is 4.48. The van der Waals surface area contributed by atoms with Crippen molar-refractivity contribution in [2.75, 3.05) is 13.2 Å². The summed E-state index contributed by atoms with van der Waals surface area (Å²) in [5.74, 6) is 0.737. The minimum Gasteiger partial charge on any atom is -0.468 e. The van der Waals surface area contributed by atoms with Crippen molar-refractivity contribution in [2.24, 2.45) is 0 Å². The monoisotopic (exact) mass is 399 g/mol. The molecule has 148 valence electrons. The zero-order valence-corrected chi connectivity index (χ0v) is 17.5. The van der Waals surface area contributed by atoms with Gasteiger partial charge in [0.2, 0.25) is 0 Å². The summed E-state index contributed by atoms with van der Waals surface area (Å²) >= 11 is 1.35. The summed E-state index contributed by atoms with van der Waals surface area (Å²) in [5.41, 5.74) is 3.37. The topological polar surface area (TPSA) is 59.8 Å². The number of ether oxygens (including phenoxy) is 1. The van der Waals surface area contributed by atoms with E-state index >= 15 is 0 Å². The molecule has 6 heteroatoms. The van der Waals surface area contributed by atoms with Crippen molar-refractivity contribution in [3.63, 3.8) is 0 Å². The second-order valence-corrected chi connectivity index (χ2v) is 8.06. The number of nitrogens with zero attached hydrogens (tertiary/aromatic N) is 1. The molecule has 1 aliphatic heterocycles. The molecular weight excluding hydrogens is 374 g/mol. The van der Waals surface area contributed by atoms with Crippen molar-refractivity contribution in [2.45, 2.75) is 39.6 Å². The van der Waals surface area contributed by atoms with Crippen LogP contribution in [0.25, 0.3) is 5.57 Å². The fourth-order valence-corrected chi connectivity index (χ4v) is 4.17. The van der Waals surface area contributed by atoms with E-state index < -0.39 is 0 Å². The number of carbonyl (C=O) groups is 2. The number of hydrogen-bond acceptors (Lipinski definition) is 5. The van der Waals surface area contributed by atoms with Gasteiger partial charge in [-0.25, -0.2) is 0 Å². The lowest BCUT2D eigenvalue weighted by atomic mass is 9.99. The number of carbonyl (C=O) groups excluding carboxylic acids is 2. The van der Waals surface area contributed by atoms with Gasteiger partial charge in [0.25, 0.3) is 11.8 Å². The molecule has 0 atom stereocenters. The molecule has 0 saturated carbocycles. The minimum absolute atomic E-state index is 0.0485. The maximum absolute atomic E-state index is 13.2. The molecule has 0 radical (unpaired) electrons. The number of benzene rings is 1. The quantitative estimate of drug-likeness (QED) is 0.618. The molecule has 0 fully saturated rings. The molecule has 0 spiro atoms. The molecule has 0 N–H and O–H groups in total. The highest BCUT2D eigenvalue weighted by Crippen LogP contribution is 2.38. The molecule has 0 aliphatic carbocycles. The number of imide groups is 1. The Morgan fingerprint density at radius 1 is 1.14 bits per heavy atom. The van der Waals surface area contributed by atoms with Gasteiger partial charge in [0, 0.05) is 0 Å². The predicted octanol–water partition coefficient (Wildman–Crippen LogP) is 4.33. The average molecular weight is 400 g/mol. The van der Waals surface area contributed by atoms with Crippen molar-refractivity contribution < 1.29 is 18.7 Å². The van der Waals surface area contributed by atoms with E-state index in [1.54, 1.807) is 6.26 Å². The Morgan fingerprint density at radius 3 is 2.57 bits per heavy atom. The van der Waals surface area contributed by atoms with Gasteiger partial charge in [0.15, 0.2) is 0 Å². The van der Waals surface area contributed by atoms with Gasteiger partial charge in [-0.05, 0) is 51.0 Å². The number of hydrogen-bond donors (Lipinski definition) is 0. The minimum atomic E-state index is -0.260. The lowest BCUT2D eigenvalue weighted by Gasteiger charge is -2.16. The molecule has 1 aliphatic rings. The molecule has 1 aromatic heterocycles. The summed E-state index contributed by atoms with van der Waals surface area (Å²) in [6.45, 7) is 8.40. The van der Waals surface area contributed by atoms with Crippen LogP contribution in [0.1, 0.15) is 36.3 Å². The molecule has 3 rings (SSSR count). The van der Waals surface area contributed by atoms with Gasteiger partial charge in [-0.15, -0.1) is 11.8 Å². The number of rotatable bonds is 8. The molecule has 2 aromatic rings. The fourth-order valence-electron chi connectivity index (χ4n) is 3.14. The molecule has 1 aromatic carbocycles. The standard InChI is InChI=1S/C22H25NO4S/c1-14(2)26-11-9-23-21(24)19(18-8-7-15(3)12-16(18)4)20(22(23)25)28-13-17-6-5-10-27-17/h5-8,10,12,14H,9,11,13H2,1-4H3. The number of thioether (sulfide) groups is 1. The zero-order valence-electron chi connectivity index (χ0n) is 16.7. The maximum Gasteiger partial charge on any atom is 0.268 e. The summed E-state index contributed by atoms with van der Waals surface area (Å²) in [7, 11) is 0. The molecule has 2 amide bonds. The van der Waals surface area contributed by atoms with Crippen LogP contribution in [0.2, 0.25) is 0 Å². The zero-order chi connectivity index (χ0) is 20.3. The first-order valence-corrected chi connectivity index (χ1v) is 10.3. The Balaban J connectivity index is 1.92. The summed E-state index contributed by atoms with van der Waals surface area (Å²) in [4.78, 5) is 28.0. The number of furan rings is 1. The first kappa shape index (κ1) is 20.4. The highest BCUT2D eigenvalue weighted by molar-refractivity contribution is 8.03. The van der Waals surface area contributed by atoms with Gasteiger partial charge in [-0.3, -0.25) is 14.5 Å². The van der Waals surface area contributed by atoms with Gasteiger partial charge < -0.3 is 9.15 Å². The second kappa shape index (κ2) is 8.80. The van der Waals surface area contributed by atoms with Gasteiger partial charge in [-0.1, -0.05) is 23.8 Å². The van der Waals surface area contributed by atoms with E-state index in [0.717, 1.165) is 22.5 Å². The van der Waals surface area contributed by atoms with E-state index in [2.05, 4.69) is 0 Å². The molecule has 2 heterocycles. The largest absolute Gasteiger partial charge is 0.468 e. The van der Waals surface area contributed by atoms with Crippen LogP contribution in [-0.4, -0.2) is 36.0 Å². The lowest BCUT2D eigenvalue weighted by molar-refractivity contribution is -0.137. The van der Waals surface area contributed by atoms with E-state index in [-0.39, 0.29) is 24.5 Å². The molecule has 0 saturated heterocycles. The smallest absolute Gasteiger partial charge is 0.268 e. The average Bonchev–Trinajstić information content (AvgIpc) is 3.22. The molecule has 5 nitrogen and oxygen atoms in total. The fraction of sp³-hybridized carbons (Fsp3) is 0.364. The van der Waals surface area contributed by atoms with Gasteiger partial charge in [0.1, 0.15) is 5.76 Å². The lowest BCUT2D eigenvalue weighted by Crippen LogP contribution is -2.35. The summed E-state index contributed by atoms with van der Waals surface area (Å²) in [6.07, 6.45) is 1.65. The van der Waals surface area contributed by atoms with Crippen LogP contribution in [0.3, 0.4) is 0 Å². The van der Waals surface area contributed by atoms with Crippen LogP contribution in [0.4, 0.5) is 0 Å². The number of aryl methyl sites for hydroxylation is 2.